The molecule has 1 aromatic carbocycles. The zero-order chi connectivity index (χ0) is 16.2. The number of hydrogen-bond donors (Lipinski definition) is 0. The summed E-state index contributed by atoms with van der Waals surface area (Å²) in [4.78, 5) is 7.59. The largest absolute Gasteiger partial charge is 0.305 e. The predicted molar refractivity (Wildman–Crippen MR) is 97.7 cm³/mol. The minimum Gasteiger partial charge on any atom is -0.305 e. The van der Waals surface area contributed by atoms with Crippen molar-refractivity contribution in [3.63, 3.8) is 0 Å². The first kappa shape index (κ1) is 16.9. The molecule has 2 saturated heterocycles. The minimum atomic E-state index is 0.715. The van der Waals surface area contributed by atoms with E-state index in [2.05, 4.69) is 53.9 Å². The fourth-order valence-electron chi connectivity index (χ4n) is 4.08. The van der Waals surface area contributed by atoms with Crippen LogP contribution in [-0.2, 0) is 13.1 Å². The van der Waals surface area contributed by atoms with E-state index < -0.39 is 0 Å². The third-order valence-corrected chi connectivity index (χ3v) is 5.67. The van der Waals surface area contributed by atoms with Crippen LogP contribution in [0.3, 0.4) is 0 Å². The Labute approximate surface area is 142 Å². The van der Waals surface area contributed by atoms with Gasteiger partial charge in [0.2, 0.25) is 0 Å². The predicted octanol–water partition coefficient (Wildman–Crippen LogP) is 3.12. The molecule has 3 heteroatoms. The van der Waals surface area contributed by atoms with Gasteiger partial charge in [-0.3, -0.25) is 9.80 Å². The highest BCUT2D eigenvalue weighted by atomic mass is 15.2. The quantitative estimate of drug-likeness (QED) is 0.826. The van der Waals surface area contributed by atoms with Crippen LogP contribution in [0.15, 0.2) is 18.2 Å². The molecule has 1 aromatic rings. The highest BCUT2D eigenvalue weighted by Crippen LogP contribution is 2.20. The first-order valence-corrected chi connectivity index (χ1v) is 9.31. The Balaban J connectivity index is 1.58. The zero-order valence-corrected chi connectivity index (χ0v) is 15.2. The first-order valence-electron chi connectivity index (χ1n) is 9.31. The van der Waals surface area contributed by atoms with Crippen molar-refractivity contribution in [3.8, 4) is 0 Å². The molecule has 0 amide bonds. The molecule has 0 aliphatic carbocycles. The van der Waals surface area contributed by atoms with Crippen molar-refractivity contribution in [1.29, 1.82) is 0 Å². The standard InChI is InChI=1S/C20H33N3/c1-17-13-18(14-23-10-5-4-6-11-23)7-8-19(17)15-22(3)20-9-12-21(2)16-20/h7-8,13,20H,4-6,9-12,14-16H2,1-3H3. The van der Waals surface area contributed by atoms with Crippen LogP contribution in [-0.4, -0.2) is 61.0 Å². The van der Waals surface area contributed by atoms with Crippen LogP contribution in [0.5, 0.6) is 0 Å². The maximum Gasteiger partial charge on any atom is 0.0236 e. The SMILES string of the molecule is Cc1cc(CN2CCCCC2)ccc1CN(C)C1CCN(C)C1. The lowest BCUT2D eigenvalue weighted by atomic mass is 10.0. The molecular formula is C20H33N3. The third kappa shape index (κ3) is 4.56. The van der Waals surface area contributed by atoms with Crippen molar-refractivity contribution in [1.82, 2.24) is 14.7 Å². The molecular weight excluding hydrogens is 282 g/mol. The van der Waals surface area contributed by atoms with Gasteiger partial charge < -0.3 is 4.90 Å². The summed E-state index contributed by atoms with van der Waals surface area (Å²) in [5.74, 6) is 0. The molecule has 2 aliphatic heterocycles. The van der Waals surface area contributed by atoms with Crippen LogP contribution in [0.4, 0.5) is 0 Å². The smallest absolute Gasteiger partial charge is 0.0236 e. The molecule has 2 heterocycles. The van der Waals surface area contributed by atoms with Crippen molar-refractivity contribution in [3.05, 3.63) is 34.9 Å². The number of likely N-dealkylation sites (N-methyl/N-ethyl adjacent to an activating group) is 2. The molecule has 128 valence electrons. The highest BCUT2D eigenvalue weighted by molar-refractivity contribution is 5.31. The summed E-state index contributed by atoms with van der Waals surface area (Å²) < 4.78 is 0. The van der Waals surface area contributed by atoms with E-state index in [1.165, 1.54) is 68.6 Å². The molecule has 23 heavy (non-hydrogen) atoms. The lowest BCUT2D eigenvalue weighted by Gasteiger charge is -2.27. The van der Waals surface area contributed by atoms with Crippen molar-refractivity contribution in [2.45, 2.75) is 51.7 Å². The number of aryl methyl sites for hydroxylation is 1. The van der Waals surface area contributed by atoms with E-state index in [-0.39, 0.29) is 0 Å². The van der Waals surface area contributed by atoms with Crippen LogP contribution in [0.25, 0.3) is 0 Å². The fourth-order valence-corrected chi connectivity index (χ4v) is 4.08. The Hall–Kier alpha value is -0.900. The van der Waals surface area contributed by atoms with Crippen molar-refractivity contribution < 1.29 is 0 Å². The summed E-state index contributed by atoms with van der Waals surface area (Å²) in [6.07, 6.45) is 5.46. The fraction of sp³-hybridized carbons (Fsp3) is 0.700. The molecule has 0 radical (unpaired) electrons. The molecule has 2 aliphatic rings. The number of piperidine rings is 1. The molecule has 3 nitrogen and oxygen atoms in total. The number of hydrogen-bond acceptors (Lipinski definition) is 3. The third-order valence-electron chi connectivity index (χ3n) is 5.67. The molecule has 1 unspecified atom stereocenters. The van der Waals surface area contributed by atoms with Crippen LogP contribution in [0.1, 0.15) is 42.4 Å². The lowest BCUT2D eigenvalue weighted by Crippen LogP contribution is -2.33. The van der Waals surface area contributed by atoms with E-state index in [4.69, 9.17) is 0 Å². The number of benzene rings is 1. The molecule has 3 rings (SSSR count). The van der Waals surface area contributed by atoms with E-state index in [9.17, 15) is 0 Å². The van der Waals surface area contributed by atoms with E-state index in [0.29, 0.717) is 6.04 Å². The topological polar surface area (TPSA) is 9.72 Å². The molecule has 0 saturated carbocycles. The van der Waals surface area contributed by atoms with Gasteiger partial charge >= 0.3 is 0 Å². The van der Waals surface area contributed by atoms with Crippen LogP contribution < -0.4 is 0 Å². The van der Waals surface area contributed by atoms with Crippen molar-refractivity contribution >= 4 is 0 Å². The summed E-state index contributed by atoms with van der Waals surface area (Å²) in [6.45, 7) is 9.49. The Bertz CT molecular complexity index is 508. The van der Waals surface area contributed by atoms with Crippen LogP contribution in [0, 0.1) is 6.92 Å². The van der Waals surface area contributed by atoms with E-state index in [1.54, 1.807) is 0 Å². The van der Waals surface area contributed by atoms with Crippen LogP contribution >= 0.6 is 0 Å². The van der Waals surface area contributed by atoms with Gasteiger partial charge in [-0.2, -0.15) is 0 Å². The molecule has 0 aromatic heterocycles. The van der Waals surface area contributed by atoms with E-state index in [0.717, 1.165) is 13.1 Å². The van der Waals surface area contributed by atoms with E-state index >= 15 is 0 Å². The second-order valence-electron chi connectivity index (χ2n) is 7.72. The molecule has 0 spiro atoms. The molecule has 1 atom stereocenters. The maximum atomic E-state index is 2.61. The average molecular weight is 316 g/mol. The Morgan fingerprint density at radius 3 is 2.57 bits per heavy atom. The van der Waals surface area contributed by atoms with Gasteiger partial charge in [-0.15, -0.1) is 0 Å². The molecule has 2 fully saturated rings. The molecule has 0 N–H and O–H groups in total. The summed E-state index contributed by atoms with van der Waals surface area (Å²) in [7, 11) is 4.51. The van der Waals surface area contributed by atoms with Gasteiger partial charge in [-0.1, -0.05) is 24.6 Å². The Morgan fingerprint density at radius 2 is 1.91 bits per heavy atom. The van der Waals surface area contributed by atoms with Crippen LogP contribution in [0.2, 0.25) is 0 Å². The maximum absolute atomic E-state index is 2.61. The van der Waals surface area contributed by atoms with Crippen molar-refractivity contribution in [2.24, 2.45) is 0 Å². The lowest BCUT2D eigenvalue weighted by molar-refractivity contribution is 0.220. The Morgan fingerprint density at radius 1 is 1.13 bits per heavy atom. The minimum absolute atomic E-state index is 0.715. The Kier molecular flexibility index (Phi) is 5.73. The second kappa shape index (κ2) is 7.78. The normalized spacial score (nSPS) is 23.7. The van der Waals surface area contributed by atoms with Gasteiger partial charge in [0, 0.05) is 25.7 Å². The highest BCUT2D eigenvalue weighted by Gasteiger charge is 2.23. The van der Waals surface area contributed by atoms with Gasteiger partial charge in [0.25, 0.3) is 0 Å². The van der Waals surface area contributed by atoms with E-state index in [1.807, 2.05) is 0 Å². The van der Waals surface area contributed by atoms with Gasteiger partial charge in [0.05, 0.1) is 0 Å². The van der Waals surface area contributed by atoms with Gasteiger partial charge in [0.1, 0.15) is 0 Å². The summed E-state index contributed by atoms with van der Waals surface area (Å²) >= 11 is 0. The van der Waals surface area contributed by atoms with Gasteiger partial charge in [-0.25, -0.2) is 0 Å². The number of nitrogens with zero attached hydrogens (tertiary/aromatic N) is 3. The summed E-state index contributed by atoms with van der Waals surface area (Å²) in [6, 6.07) is 7.85. The van der Waals surface area contributed by atoms with Gasteiger partial charge in [0.15, 0.2) is 0 Å². The average Bonchev–Trinajstić information content (AvgIpc) is 2.98. The number of likely N-dealkylation sites (tertiary alicyclic amines) is 2. The molecule has 0 bridgehead atoms. The van der Waals surface area contributed by atoms with Gasteiger partial charge in [-0.05, 0) is 76.6 Å². The van der Waals surface area contributed by atoms with Crippen molar-refractivity contribution in [2.75, 3.05) is 40.3 Å². The zero-order valence-electron chi connectivity index (χ0n) is 15.2. The summed E-state index contributed by atoms with van der Waals surface area (Å²) in [5, 5.41) is 0. The second-order valence-corrected chi connectivity index (χ2v) is 7.72. The number of rotatable bonds is 5. The first-order chi connectivity index (χ1) is 11.1. The monoisotopic (exact) mass is 315 g/mol. The summed E-state index contributed by atoms with van der Waals surface area (Å²) in [5.41, 5.74) is 4.43.